The Labute approximate surface area is 101 Å². The summed E-state index contributed by atoms with van der Waals surface area (Å²) in [5.41, 5.74) is 1.82. The van der Waals surface area contributed by atoms with Crippen LogP contribution < -0.4 is 4.90 Å². The maximum Gasteiger partial charge on any atom is 0.0722 e. The van der Waals surface area contributed by atoms with Crippen LogP contribution in [0.4, 0.5) is 5.69 Å². The maximum absolute atomic E-state index is 9.32. The molecule has 88 valence electrons. The summed E-state index contributed by atoms with van der Waals surface area (Å²) in [6.07, 6.45) is 0.205. The van der Waals surface area contributed by atoms with Gasteiger partial charge in [0.05, 0.1) is 30.0 Å². The number of anilines is 1. The zero-order valence-electron chi connectivity index (χ0n) is 9.32. The second-order valence-electron chi connectivity index (χ2n) is 4.03. The molecule has 3 nitrogen and oxygen atoms in total. The highest BCUT2D eigenvalue weighted by Gasteiger charge is 2.20. The molecule has 1 saturated heterocycles. The minimum Gasteiger partial charge on any atom is -0.392 e. The van der Waals surface area contributed by atoms with Crippen LogP contribution in [0.15, 0.2) is 18.2 Å². The first-order chi connectivity index (χ1) is 7.72. The molecule has 4 heteroatoms. The van der Waals surface area contributed by atoms with Crippen LogP contribution in [0.3, 0.4) is 0 Å². The van der Waals surface area contributed by atoms with Crippen LogP contribution in [0.25, 0.3) is 0 Å². The first kappa shape index (κ1) is 11.7. The van der Waals surface area contributed by atoms with E-state index in [0.29, 0.717) is 11.6 Å². The van der Waals surface area contributed by atoms with Gasteiger partial charge >= 0.3 is 0 Å². The number of hydrogen-bond donors (Lipinski definition) is 1. The molecule has 1 N–H and O–H groups in total. The molecule has 1 fully saturated rings. The van der Waals surface area contributed by atoms with E-state index < -0.39 is 0 Å². The molecule has 1 aromatic carbocycles. The quantitative estimate of drug-likeness (QED) is 0.860. The Morgan fingerprint density at radius 1 is 1.56 bits per heavy atom. The Bertz CT molecular complexity index is 370. The van der Waals surface area contributed by atoms with Gasteiger partial charge in [0.15, 0.2) is 0 Å². The van der Waals surface area contributed by atoms with Crippen molar-refractivity contribution in [2.45, 2.75) is 19.6 Å². The van der Waals surface area contributed by atoms with E-state index in [1.807, 2.05) is 25.1 Å². The number of nitrogens with zero attached hydrogens (tertiary/aromatic N) is 1. The maximum atomic E-state index is 9.32. The molecule has 1 aliphatic rings. The fraction of sp³-hybridized carbons (Fsp3) is 0.500. The topological polar surface area (TPSA) is 32.7 Å². The number of benzene rings is 1. The molecule has 1 heterocycles. The summed E-state index contributed by atoms with van der Waals surface area (Å²) in [5.74, 6) is 0. The smallest absolute Gasteiger partial charge is 0.0722 e. The van der Waals surface area contributed by atoms with E-state index in [0.717, 1.165) is 24.3 Å². The second-order valence-corrected chi connectivity index (χ2v) is 4.44. The van der Waals surface area contributed by atoms with Crippen molar-refractivity contribution in [1.82, 2.24) is 0 Å². The van der Waals surface area contributed by atoms with E-state index in [4.69, 9.17) is 16.3 Å². The van der Waals surface area contributed by atoms with Gasteiger partial charge in [-0.3, -0.25) is 0 Å². The van der Waals surface area contributed by atoms with Crippen molar-refractivity contribution in [2.24, 2.45) is 0 Å². The van der Waals surface area contributed by atoms with Crippen LogP contribution in [0, 0.1) is 0 Å². The van der Waals surface area contributed by atoms with Gasteiger partial charge in [0, 0.05) is 18.7 Å². The molecule has 0 saturated carbocycles. The van der Waals surface area contributed by atoms with Gasteiger partial charge in [0.25, 0.3) is 0 Å². The molecule has 16 heavy (non-hydrogen) atoms. The van der Waals surface area contributed by atoms with Crippen molar-refractivity contribution in [3.05, 3.63) is 28.8 Å². The van der Waals surface area contributed by atoms with Crippen molar-refractivity contribution in [3.8, 4) is 0 Å². The van der Waals surface area contributed by atoms with E-state index in [1.165, 1.54) is 0 Å². The zero-order valence-corrected chi connectivity index (χ0v) is 10.1. The number of morpholine rings is 1. The molecule has 1 atom stereocenters. The van der Waals surface area contributed by atoms with E-state index in [9.17, 15) is 5.11 Å². The number of aliphatic hydroxyl groups is 1. The average Bonchev–Trinajstić information content (AvgIpc) is 2.28. The van der Waals surface area contributed by atoms with Gasteiger partial charge in [-0.25, -0.2) is 0 Å². The molecule has 2 rings (SSSR count). The minimum atomic E-state index is 0.0155. The number of hydrogen-bond acceptors (Lipinski definition) is 3. The van der Waals surface area contributed by atoms with Gasteiger partial charge in [0.1, 0.15) is 0 Å². The molecule has 0 spiro atoms. The molecule has 1 aliphatic heterocycles. The number of halogens is 1. The van der Waals surface area contributed by atoms with Crippen LogP contribution >= 0.6 is 11.6 Å². The lowest BCUT2D eigenvalue weighted by Gasteiger charge is -2.34. The van der Waals surface area contributed by atoms with Crippen molar-refractivity contribution in [3.63, 3.8) is 0 Å². The first-order valence-corrected chi connectivity index (χ1v) is 5.85. The number of rotatable bonds is 2. The largest absolute Gasteiger partial charge is 0.392 e. The monoisotopic (exact) mass is 241 g/mol. The molecule has 0 bridgehead atoms. The van der Waals surface area contributed by atoms with E-state index in [-0.39, 0.29) is 12.7 Å². The fourth-order valence-corrected chi connectivity index (χ4v) is 2.38. The summed E-state index contributed by atoms with van der Waals surface area (Å²) in [7, 11) is 0. The van der Waals surface area contributed by atoms with Crippen molar-refractivity contribution in [1.29, 1.82) is 0 Å². The lowest BCUT2D eigenvalue weighted by molar-refractivity contribution is 0.0531. The Morgan fingerprint density at radius 2 is 2.38 bits per heavy atom. The number of ether oxygens (including phenoxy) is 1. The van der Waals surface area contributed by atoms with Crippen LogP contribution in [-0.4, -0.2) is 30.9 Å². The highest BCUT2D eigenvalue weighted by atomic mass is 35.5. The Morgan fingerprint density at radius 3 is 3.06 bits per heavy atom. The van der Waals surface area contributed by atoms with Crippen molar-refractivity contribution in [2.75, 3.05) is 24.6 Å². The summed E-state index contributed by atoms with van der Waals surface area (Å²) in [6.45, 7) is 4.40. The number of aliphatic hydroxyl groups excluding tert-OH is 1. The van der Waals surface area contributed by atoms with Gasteiger partial charge in [-0.2, -0.15) is 0 Å². The normalized spacial score (nSPS) is 21.2. The molecule has 0 aromatic heterocycles. The zero-order chi connectivity index (χ0) is 11.5. The summed E-state index contributed by atoms with van der Waals surface area (Å²) in [5, 5.41) is 10.0. The van der Waals surface area contributed by atoms with E-state index in [2.05, 4.69) is 4.90 Å². The molecular weight excluding hydrogens is 226 g/mol. The third-order valence-corrected chi connectivity index (χ3v) is 3.10. The predicted molar refractivity (Wildman–Crippen MR) is 65.0 cm³/mol. The fourth-order valence-electron chi connectivity index (χ4n) is 2.06. The standard InChI is InChI=1S/C12H16ClNO2/c1-9-7-14(5-6-16-9)12-10(8-15)3-2-4-11(12)13/h2-4,9,15H,5-8H2,1H3. The molecule has 1 aromatic rings. The number of para-hydroxylation sites is 1. The third kappa shape index (κ3) is 2.32. The van der Waals surface area contributed by atoms with Crippen molar-refractivity contribution >= 4 is 17.3 Å². The van der Waals surface area contributed by atoms with Crippen LogP contribution in [0.2, 0.25) is 5.02 Å². The Kier molecular flexibility index (Phi) is 3.69. The molecule has 1 unspecified atom stereocenters. The summed E-state index contributed by atoms with van der Waals surface area (Å²) >= 11 is 6.20. The van der Waals surface area contributed by atoms with Crippen LogP contribution in [0.1, 0.15) is 12.5 Å². The highest BCUT2D eigenvalue weighted by molar-refractivity contribution is 6.33. The Balaban J connectivity index is 2.30. The summed E-state index contributed by atoms with van der Waals surface area (Å²) < 4.78 is 5.50. The van der Waals surface area contributed by atoms with Gasteiger partial charge < -0.3 is 14.7 Å². The SMILES string of the molecule is CC1CN(c2c(Cl)cccc2CO)CCO1. The lowest BCUT2D eigenvalue weighted by atomic mass is 10.1. The minimum absolute atomic E-state index is 0.0155. The first-order valence-electron chi connectivity index (χ1n) is 5.47. The van der Waals surface area contributed by atoms with Crippen molar-refractivity contribution < 1.29 is 9.84 Å². The lowest BCUT2D eigenvalue weighted by Crippen LogP contribution is -2.41. The van der Waals surface area contributed by atoms with Crippen LogP contribution in [-0.2, 0) is 11.3 Å². The van der Waals surface area contributed by atoms with Gasteiger partial charge in [-0.1, -0.05) is 23.7 Å². The summed E-state index contributed by atoms with van der Waals surface area (Å²) in [6, 6.07) is 5.62. The van der Waals surface area contributed by atoms with Crippen LogP contribution in [0.5, 0.6) is 0 Å². The third-order valence-electron chi connectivity index (χ3n) is 2.80. The van der Waals surface area contributed by atoms with Gasteiger partial charge in [0.2, 0.25) is 0 Å². The average molecular weight is 242 g/mol. The second kappa shape index (κ2) is 5.04. The molecule has 0 radical (unpaired) electrons. The Hall–Kier alpha value is -0.770. The van der Waals surface area contributed by atoms with E-state index >= 15 is 0 Å². The van der Waals surface area contributed by atoms with Gasteiger partial charge in [-0.15, -0.1) is 0 Å². The molecular formula is C12H16ClNO2. The highest BCUT2D eigenvalue weighted by Crippen LogP contribution is 2.31. The molecule has 0 amide bonds. The summed E-state index contributed by atoms with van der Waals surface area (Å²) in [4.78, 5) is 2.18. The molecule has 0 aliphatic carbocycles. The van der Waals surface area contributed by atoms with E-state index in [1.54, 1.807) is 0 Å². The predicted octanol–water partition coefficient (Wildman–Crippen LogP) is 2.06. The van der Waals surface area contributed by atoms with Gasteiger partial charge in [-0.05, 0) is 13.0 Å².